The Balaban J connectivity index is 1.50. The van der Waals surface area contributed by atoms with Crippen LogP contribution < -0.4 is 0 Å². The molecular formula is C21H19F3N2O3. The number of halogens is 3. The van der Waals surface area contributed by atoms with E-state index in [1.54, 1.807) is 23.1 Å². The van der Waals surface area contributed by atoms with Crippen molar-refractivity contribution >= 4 is 12.0 Å². The van der Waals surface area contributed by atoms with Gasteiger partial charge < -0.3 is 9.64 Å². The summed E-state index contributed by atoms with van der Waals surface area (Å²) in [5, 5.41) is 0. The lowest BCUT2D eigenvalue weighted by molar-refractivity contribution is -0.140. The van der Waals surface area contributed by atoms with Gasteiger partial charge in [-0.3, -0.25) is 9.69 Å². The Labute approximate surface area is 165 Å². The molecule has 0 N–H and O–H groups in total. The molecule has 8 heteroatoms. The zero-order chi connectivity index (χ0) is 20.8. The van der Waals surface area contributed by atoms with E-state index in [9.17, 15) is 22.8 Å². The molecule has 152 valence electrons. The van der Waals surface area contributed by atoms with Gasteiger partial charge in [-0.05, 0) is 41.3 Å². The fourth-order valence-corrected chi connectivity index (χ4v) is 3.67. The summed E-state index contributed by atoms with van der Waals surface area (Å²) >= 11 is 0. The maximum absolute atomic E-state index is 12.7. The molecule has 5 nitrogen and oxygen atoms in total. The van der Waals surface area contributed by atoms with Gasteiger partial charge >= 0.3 is 12.3 Å². The zero-order valence-corrected chi connectivity index (χ0v) is 15.7. The normalized spacial score (nSPS) is 19.0. The zero-order valence-electron chi connectivity index (χ0n) is 15.7. The van der Waals surface area contributed by atoms with Crippen LogP contribution in [0.25, 0.3) is 11.1 Å². The third-order valence-electron chi connectivity index (χ3n) is 5.21. The van der Waals surface area contributed by atoms with E-state index in [-0.39, 0.29) is 18.7 Å². The predicted octanol–water partition coefficient (Wildman–Crippen LogP) is 4.21. The molecule has 1 unspecified atom stereocenters. The molecule has 0 radical (unpaired) electrons. The minimum atomic E-state index is -4.42. The Morgan fingerprint density at radius 2 is 1.76 bits per heavy atom. The summed E-state index contributed by atoms with van der Waals surface area (Å²) in [7, 11) is 0. The maximum atomic E-state index is 12.7. The Morgan fingerprint density at radius 3 is 2.38 bits per heavy atom. The Kier molecular flexibility index (Phi) is 4.72. The largest absolute Gasteiger partial charge is 0.447 e. The molecule has 1 atom stereocenters. The molecule has 2 amide bonds. The quantitative estimate of drug-likeness (QED) is 0.767. The molecule has 2 aliphatic rings. The number of hydrogen-bond donors (Lipinski definition) is 0. The number of carbonyl (C=O) groups excluding carboxylic acids is 2. The number of alkyl halides is 3. The second-order valence-electron chi connectivity index (χ2n) is 7.40. The van der Waals surface area contributed by atoms with Crippen LogP contribution in [0.2, 0.25) is 0 Å². The predicted molar refractivity (Wildman–Crippen MR) is 99.0 cm³/mol. The van der Waals surface area contributed by atoms with Crippen molar-refractivity contribution < 1.29 is 27.5 Å². The summed E-state index contributed by atoms with van der Waals surface area (Å²) in [5.41, 5.74) is 3.57. The van der Waals surface area contributed by atoms with E-state index in [0.717, 1.165) is 21.6 Å². The van der Waals surface area contributed by atoms with Crippen LogP contribution in [-0.2, 0) is 17.8 Å². The first kappa shape index (κ1) is 19.3. The van der Waals surface area contributed by atoms with E-state index < -0.39 is 18.6 Å². The van der Waals surface area contributed by atoms with Gasteiger partial charge in [0.25, 0.3) is 5.91 Å². The van der Waals surface area contributed by atoms with Gasteiger partial charge in [0.1, 0.15) is 13.2 Å². The molecule has 1 saturated heterocycles. The number of cyclic esters (lactones) is 1. The SMILES string of the molecule is CC1COC(=O)N1Cc1ccc(-c2ccc3c(c2)CN(CC(F)(F)F)C3=O)cc1. The molecule has 4 rings (SSSR count). The first-order valence-electron chi connectivity index (χ1n) is 9.23. The second kappa shape index (κ2) is 7.09. The fourth-order valence-electron chi connectivity index (χ4n) is 3.67. The van der Waals surface area contributed by atoms with Crippen molar-refractivity contribution in [2.45, 2.75) is 32.2 Å². The van der Waals surface area contributed by atoms with Gasteiger partial charge in [0.2, 0.25) is 0 Å². The maximum Gasteiger partial charge on any atom is 0.410 e. The molecule has 29 heavy (non-hydrogen) atoms. The molecule has 2 aromatic rings. The van der Waals surface area contributed by atoms with Gasteiger partial charge in [0.05, 0.1) is 6.04 Å². The topological polar surface area (TPSA) is 49.9 Å². The smallest absolute Gasteiger partial charge is 0.410 e. The summed E-state index contributed by atoms with van der Waals surface area (Å²) in [5.74, 6) is -0.592. The molecule has 2 aromatic carbocycles. The van der Waals surface area contributed by atoms with E-state index >= 15 is 0 Å². The minimum Gasteiger partial charge on any atom is -0.447 e. The van der Waals surface area contributed by atoms with E-state index in [4.69, 9.17) is 4.74 Å². The van der Waals surface area contributed by atoms with Crippen LogP contribution in [0.5, 0.6) is 0 Å². The lowest BCUT2D eigenvalue weighted by Crippen LogP contribution is -2.34. The number of amides is 2. The van der Waals surface area contributed by atoms with Crippen molar-refractivity contribution in [2.24, 2.45) is 0 Å². The Hall–Kier alpha value is -3.03. The molecule has 2 aliphatic heterocycles. The lowest BCUT2D eigenvalue weighted by Gasteiger charge is -2.18. The number of benzene rings is 2. The molecule has 0 saturated carbocycles. The summed E-state index contributed by atoms with van der Waals surface area (Å²) in [4.78, 5) is 26.4. The summed E-state index contributed by atoms with van der Waals surface area (Å²) in [6.45, 7) is 1.46. The number of fused-ring (bicyclic) bond motifs is 1. The molecule has 0 bridgehead atoms. The number of hydrogen-bond acceptors (Lipinski definition) is 3. The van der Waals surface area contributed by atoms with Crippen LogP contribution in [0.1, 0.15) is 28.4 Å². The van der Waals surface area contributed by atoms with Gasteiger partial charge in [-0.25, -0.2) is 4.79 Å². The average molecular weight is 404 g/mol. The summed E-state index contributed by atoms with van der Waals surface area (Å²) in [6.07, 6.45) is -4.75. The van der Waals surface area contributed by atoms with E-state index in [1.165, 1.54) is 0 Å². The van der Waals surface area contributed by atoms with Crippen LogP contribution in [0.4, 0.5) is 18.0 Å². The third-order valence-corrected chi connectivity index (χ3v) is 5.21. The van der Waals surface area contributed by atoms with Crippen molar-refractivity contribution in [3.63, 3.8) is 0 Å². The molecule has 0 spiro atoms. The first-order valence-corrected chi connectivity index (χ1v) is 9.23. The van der Waals surface area contributed by atoms with Crippen LogP contribution >= 0.6 is 0 Å². The molecular weight excluding hydrogens is 385 g/mol. The van der Waals surface area contributed by atoms with Crippen LogP contribution in [-0.4, -0.2) is 47.2 Å². The molecule has 2 heterocycles. The number of nitrogens with zero attached hydrogens (tertiary/aromatic N) is 2. The monoisotopic (exact) mass is 404 g/mol. The van der Waals surface area contributed by atoms with E-state index in [2.05, 4.69) is 0 Å². The molecule has 0 aromatic heterocycles. The lowest BCUT2D eigenvalue weighted by atomic mass is 9.99. The number of carbonyl (C=O) groups is 2. The van der Waals surface area contributed by atoms with E-state index in [0.29, 0.717) is 24.3 Å². The fraction of sp³-hybridized carbons (Fsp3) is 0.333. The summed E-state index contributed by atoms with van der Waals surface area (Å²) in [6, 6.07) is 12.7. The van der Waals surface area contributed by atoms with Crippen molar-refractivity contribution in [2.75, 3.05) is 13.2 Å². The van der Waals surface area contributed by atoms with Crippen molar-refractivity contribution in [3.05, 3.63) is 59.2 Å². The van der Waals surface area contributed by atoms with Gasteiger partial charge in [-0.15, -0.1) is 0 Å². The number of rotatable bonds is 4. The number of ether oxygens (including phenoxy) is 1. The standard InChI is InChI=1S/C21H19F3N2O3/c1-13-11-29-20(28)26(13)9-14-2-4-15(5-3-14)16-6-7-18-17(8-16)10-25(19(18)27)12-21(22,23)24/h2-8,13H,9-12H2,1H3. The first-order chi connectivity index (χ1) is 13.7. The van der Waals surface area contributed by atoms with E-state index in [1.807, 2.05) is 31.2 Å². The highest BCUT2D eigenvalue weighted by Gasteiger charge is 2.37. The average Bonchev–Trinajstić information content (AvgIpc) is 3.14. The van der Waals surface area contributed by atoms with Gasteiger partial charge in [-0.1, -0.05) is 30.3 Å². The Morgan fingerprint density at radius 1 is 1.07 bits per heavy atom. The van der Waals surface area contributed by atoms with Gasteiger partial charge in [-0.2, -0.15) is 13.2 Å². The minimum absolute atomic E-state index is 0.0241. The Bertz CT molecular complexity index is 957. The highest BCUT2D eigenvalue weighted by Crippen LogP contribution is 2.31. The van der Waals surface area contributed by atoms with Gasteiger partial charge in [0.15, 0.2) is 0 Å². The molecule has 1 fully saturated rings. The third kappa shape index (κ3) is 3.92. The van der Waals surface area contributed by atoms with Crippen molar-refractivity contribution in [3.8, 4) is 11.1 Å². The highest BCUT2D eigenvalue weighted by atomic mass is 19.4. The van der Waals surface area contributed by atoms with Crippen LogP contribution in [0, 0.1) is 0 Å². The van der Waals surface area contributed by atoms with Crippen LogP contribution in [0.15, 0.2) is 42.5 Å². The summed E-state index contributed by atoms with van der Waals surface area (Å²) < 4.78 is 43.0. The second-order valence-corrected chi connectivity index (χ2v) is 7.40. The van der Waals surface area contributed by atoms with Crippen molar-refractivity contribution in [1.29, 1.82) is 0 Å². The highest BCUT2D eigenvalue weighted by molar-refractivity contribution is 5.99. The molecule has 0 aliphatic carbocycles. The van der Waals surface area contributed by atoms with Gasteiger partial charge in [0, 0.05) is 18.7 Å². The van der Waals surface area contributed by atoms with Crippen molar-refractivity contribution in [1.82, 2.24) is 9.80 Å². The van der Waals surface area contributed by atoms with Crippen LogP contribution in [0.3, 0.4) is 0 Å².